The number of nitrogens with zero attached hydrogens (tertiary/aromatic N) is 3. The minimum absolute atomic E-state index is 0.266. The fourth-order valence-electron chi connectivity index (χ4n) is 3.42. The zero-order valence-electron chi connectivity index (χ0n) is 14.1. The Balaban J connectivity index is 1.33. The van der Waals surface area contributed by atoms with Crippen LogP contribution >= 0.6 is 0 Å². The van der Waals surface area contributed by atoms with Crippen molar-refractivity contribution >= 4 is 16.7 Å². The fourth-order valence-corrected chi connectivity index (χ4v) is 3.42. The monoisotopic (exact) mass is 336 g/mol. The fraction of sp³-hybridized carbons (Fsp3) is 0.300. The molecular weight excluding hydrogens is 315 g/mol. The molecule has 2 aromatic carbocycles. The number of benzene rings is 2. The van der Waals surface area contributed by atoms with Crippen LogP contribution in [0, 0.1) is 5.82 Å². The molecule has 0 bridgehead atoms. The van der Waals surface area contributed by atoms with E-state index in [1.807, 2.05) is 0 Å². The normalized spacial score (nSPS) is 14.4. The van der Waals surface area contributed by atoms with Crippen LogP contribution in [0.3, 0.4) is 0 Å². The molecule has 5 heteroatoms. The number of halogens is 1. The van der Waals surface area contributed by atoms with E-state index < -0.39 is 0 Å². The summed E-state index contributed by atoms with van der Waals surface area (Å²) in [5.41, 5.74) is 3.68. The molecule has 0 saturated heterocycles. The number of aromatic nitrogens is 2. The average molecular weight is 336 g/mol. The number of rotatable bonds is 5. The first-order valence-electron chi connectivity index (χ1n) is 8.73. The molecule has 0 fully saturated rings. The summed E-state index contributed by atoms with van der Waals surface area (Å²) in [4.78, 5) is 10.9. The highest BCUT2D eigenvalue weighted by atomic mass is 19.1. The van der Waals surface area contributed by atoms with Crippen molar-refractivity contribution < 1.29 is 4.39 Å². The van der Waals surface area contributed by atoms with E-state index in [-0.39, 0.29) is 5.82 Å². The molecule has 4 rings (SSSR count). The first-order chi connectivity index (χ1) is 12.3. The van der Waals surface area contributed by atoms with E-state index in [1.165, 1.54) is 29.6 Å². The van der Waals surface area contributed by atoms with E-state index in [1.54, 1.807) is 6.07 Å². The number of hydrogen-bond acceptors (Lipinski definition) is 4. The van der Waals surface area contributed by atoms with Gasteiger partial charge in [-0.25, -0.2) is 14.4 Å². The summed E-state index contributed by atoms with van der Waals surface area (Å²) in [6, 6.07) is 13.3. The molecule has 0 aliphatic carbocycles. The molecular formula is C20H21FN4. The Morgan fingerprint density at radius 1 is 1.08 bits per heavy atom. The van der Waals surface area contributed by atoms with Crippen molar-refractivity contribution in [3.63, 3.8) is 0 Å². The zero-order chi connectivity index (χ0) is 17.1. The molecule has 128 valence electrons. The van der Waals surface area contributed by atoms with E-state index in [4.69, 9.17) is 0 Å². The number of fused-ring (bicyclic) bond motifs is 2. The third-order valence-corrected chi connectivity index (χ3v) is 4.75. The highest BCUT2D eigenvalue weighted by Gasteiger charge is 2.14. The van der Waals surface area contributed by atoms with Gasteiger partial charge in [0, 0.05) is 31.6 Å². The van der Waals surface area contributed by atoms with Crippen molar-refractivity contribution in [1.29, 1.82) is 0 Å². The summed E-state index contributed by atoms with van der Waals surface area (Å²) in [5.74, 6) is 0.436. The van der Waals surface area contributed by atoms with Crippen molar-refractivity contribution in [3.8, 4) is 0 Å². The van der Waals surface area contributed by atoms with Gasteiger partial charge in [-0.3, -0.25) is 4.90 Å². The molecule has 1 aliphatic rings. The van der Waals surface area contributed by atoms with E-state index in [0.29, 0.717) is 5.82 Å². The maximum atomic E-state index is 13.5. The lowest BCUT2D eigenvalue weighted by Crippen LogP contribution is -2.32. The lowest BCUT2D eigenvalue weighted by atomic mass is 10.00. The van der Waals surface area contributed by atoms with Gasteiger partial charge in [-0.15, -0.1) is 0 Å². The summed E-state index contributed by atoms with van der Waals surface area (Å²) < 4.78 is 13.5. The number of hydrogen-bond donors (Lipinski definition) is 1. The summed E-state index contributed by atoms with van der Waals surface area (Å²) in [7, 11) is 0. The molecule has 0 unspecified atom stereocenters. The van der Waals surface area contributed by atoms with Gasteiger partial charge in [0.1, 0.15) is 18.0 Å². The van der Waals surface area contributed by atoms with Crippen LogP contribution in [0.15, 0.2) is 48.8 Å². The third-order valence-electron chi connectivity index (χ3n) is 4.75. The van der Waals surface area contributed by atoms with Crippen LogP contribution < -0.4 is 5.32 Å². The Bertz CT molecular complexity index is 880. The van der Waals surface area contributed by atoms with Gasteiger partial charge in [0.05, 0.1) is 5.52 Å². The molecule has 3 aromatic rings. The van der Waals surface area contributed by atoms with Crippen LogP contribution in [0.1, 0.15) is 17.5 Å². The van der Waals surface area contributed by atoms with Crippen molar-refractivity contribution in [2.24, 2.45) is 0 Å². The van der Waals surface area contributed by atoms with E-state index in [9.17, 15) is 4.39 Å². The summed E-state index contributed by atoms with van der Waals surface area (Å²) >= 11 is 0. The van der Waals surface area contributed by atoms with E-state index >= 15 is 0 Å². The number of anilines is 1. The largest absolute Gasteiger partial charge is 0.369 e. The molecule has 0 radical (unpaired) electrons. The zero-order valence-corrected chi connectivity index (χ0v) is 14.1. The summed E-state index contributed by atoms with van der Waals surface area (Å²) in [6.45, 7) is 3.98. The topological polar surface area (TPSA) is 41.1 Å². The lowest BCUT2D eigenvalue weighted by molar-refractivity contribution is 0.253. The van der Waals surface area contributed by atoms with Crippen molar-refractivity contribution in [2.75, 3.05) is 25.0 Å². The van der Waals surface area contributed by atoms with Crippen LogP contribution in [0.2, 0.25) is 0 Å². The maximum Gasteiger partial charge on any atom is 0.137 e. The van der Waals surface area contributed by atoms with Crippen LogP contribution in [-0.2, 0) is 13.0 Å². The predicted octanol–water partition coefficient (Wildman–Crippen LogP) is 3.63. The quantitative estimate of drug-likeness (QED) is 0.723. The van der Waals surface area contributed by atoms with Crippen molar-refractivity contribution in [3.05, 3.63) is 65.7 Å². The van der Waals surface area contributed by atoms with Gasteiger partial charge in [-0.05, 0) is 42.2 Å². The van der Waals surface area contributed by atoms with E-state index in [2.05, 4.69) is 44.5 Å². The van der Waals surface area contributed by atoms with Crippen molar-refractivity contribution in [2.45, 2.75) is 19.4 Å². The van der Waals surface area contributed by atoms with Gasteiger partial charge in [-0.2, -0.15) is 0 Å². The van der Waals surface area contributed by atoms with Crippen LogP contribution in [0.5, 0.6) is 0 Å². The molecule has 1 aromatic heterocycles. The molecule has 0 atom stereocenters. The molecule has 1 aliphatic heterocycles. The lowest BCUT2D eigenvalue weighted by Gasteiger charge is -2.28. The Kier molecular flexibility index (Phi) is 4.57. The molecule has 0 amide bonds. The molecule has 0 spiro atoms. The smallest absolute Gasteiger partial charge is 0.137 e. The van der Waals surface area contributed by atoms with Gasteiger partial charge < -0.3 is 5.32 Å². The van der Waals surface area contributed by atoms with Gasteiger partial charge in [0.15, 0.2) is 0 Å². The Labute approximate surface area is 146 Å². The maximum absolute atomic E-state index is 13.5. The highest BCUT2D eigenvalue weighted by Crippen LogP contribution is 2.21. The molecule has 0 saturated carbocycles. The SMILES string of the molecule is Fc1ccc2ncnc(NCCCN3CCc4ccccc4C3)c2c1. The second kappa shape index (κ2) is 7.15. The molecule has 25 heavy (non-hydrogen) atoms. The van der Waals surface area contributed by atoms with Crippen LogP contribution in [-0.4, -0.2) is 34.5 Å². The van der Waals surface area contributed by atoms with Crippen LogP contribution in [0.25, 0.3) is 10.9 Å². The van der Waals surface area contributed by atoms with Gasteiger partial charge in [0.25, 0.3) is 0 Å². The van der Waals surface area contributed by atoms with E-state index in [0.717, 1.165) is 49.9 Å². The standard InChI is InChI=1S/C20H21FN4/c21-17-6-7-19-18(12-17)20(24-14-23-19)22-9-3-10-25-11-8-15-4-1-2-5-16(15)13-25/h1-2,4-7,12,14H,3,8-11,13H2,(H,22,23,24). The van der Waals surface area contributed by atoms with Crippen LogP contribution in [0.4, 0.5) is 10.2 Å². The summed E-state index contributed by atoms with van der Waals surface area (Å²) in [5, 5.41) is 4.06. The molecule has 2 heterocycles. The number of nitrogens with one attached hydrogen (secondary N) is 1. The summed E-state index contributed by atoms with van der Waals surface area (Å²) in [6.07, 6.45) is 3.66. The average Bonchev–Trinajstić information content (AvgIpc) is 2.65. The minimum atomic E-state index is -0.266. The Morgan fingerprint density at radius 2 is 1.96 bits per heavy atom. The van der Waals surface area contributed by atoms with Gasteiger partial charge in [0.2, 0.25) is 0 Å². The molecule has 1 N–H and O–H groups in total. The predicted molar refractivity (Wildman–Crippen MR) is 98.0 cm³/mol. The first kappa shape index (κ1) is 16.0. The minimum Gasteiger partial charge on any atom is -0.369 e. The second-order valence-electron chi connectivity index (χ2n) is 6.46. The second-order valence-corrected chi connectivity index (χ2v) is 6.46. The first-order valence-corrected chi connectivity index (χ1v) is 8.73. The van der Waals surface area contributed by atoms with Gasteiger partial charge >= 0.3 is 0 Å². The Morgan fingerprint density at radius 3 is 2.88 bits per heavy atom. The van der Waals surface area contributed by atoms with Gasteiger partial charge in [-0.1, -0.05) is 24.3 Å². The third kappa shape index (κ3) is 3.61. The highest BCUT2D eigenvalue weighted by molar-refractivity contribution is 5.88. The Hall–Kier alpha value is -2.53. The van der Waals surface area contributed by atoms with Crippen molar-refractivity contribution in [1.82, 2.24) is 14.9 Å². The molecule has 4 nitrogen and oxygen atoms in total.